The van der Waals surface area contributed by atoms with Crippen molar-refractivity contribution in [3.05, 3.63) is 0 Å². The third kappa shape index (κ3) is 2.03. The van der Waals surface area contributed by atoms with Crippen LogP contribution in [0.3, 0.4) is 0 Å². The summed E-state index contributed by atoms with van der Waals surface area (Å²) in [6.07, 6.45) is 0. The highest BCUT2D eigenvalue weighted by Gasteiger charge is 2.33. The molecule has 1 atom stereocenters. The average Bonchev–Trinajstić information content (AvgIpc) is 2.01. The molecule has 2 fully saturated rings. The Balaban J connectivity index is 2.08. The molecule has 0 radical (unpaired) electrons. The fraction of sp³-hybridized carbons (Fsp3) is 1.00. The number of piperazine rings is 1. The Kier molecular flexibility index (Phi) is 2.33. The van der Waals surface area contributed by atoms with E-state index in [9.17, 15) is 8.42 Å². The van der Waals surface area contributed by atoms with E-state index in [1.54, 1.807) is 0 Å². The van der Waals surface area contributed by atoms with Crippen LogP contribution in [-0.4, -0.2) is 69.0 Å². The number of hydrogen-bond acceptors (Lipinski definition) is 4. The van der Waals surface area contributed by atoms with Gasteiger partial charge in [-0.2, -0.15) is 0 Å². The monoisotopic (exact) mass is 204 g/mol. The van der Waals surface area contributed by atoms with E-state index in [0.29, 0.717) is 11.5 Å². The predicted octanol–water partition coefficient (Wildman–Crippen LogP) is -0.969. The molecule has 0 N–H and O–H groups in total. The molecule has 1 unspecified atom stereocenters. The topological polar surface area (TPSA) is 40.6 Å². The molecule has 0 bridgehead atoms. The first-order valence-corrected chi connectivity index (χ1v) is 6.52. The van der Waals surface area contributed by atoms with Crippen molar-refractivity contribution >= 4 is 9.84 Å². The molecular weight excluding hydrogens is 188 g/mol. The summed E-state index contributed by atoms with van der Waals surface area (Å²) in [5.41, 5.74) is 0. The fourth-order valence-electron chi connectivity index (χ4n) is 2.13. The van der Waals surface area contributed by atoms with Gasteiger partial charge in [0, 0.05) is 32.2 Å². The van der Waals surface area contributed by atoms with Gasteiger partial charge in [0.2, 0.25) is 0 Å². The van der Waals surface area contributed by atoms with Gasteiger partial charge < -0.3 is 4.90 Å². The lowest BCUT2D eigenvalue weighted by Crippen LogP contribution is -2.58. The zero-order chi connectivity index (χ0) is 9.47. The number of sulfone groups is 1. The van der Waals surface area contributed by atoms with Crippen LogP contribution in [0.2, 0.25) is 0 Å². The highest BCUT2D eigenvalue weighted by atomic mass is 32.2. The van der Waals surface area contributed by atoms with E-state index in [4.69, 9.17) is 0 Å². The maximum Gasteiger partial charge on any atom is 0.153 e. The Morgan fingerprint density at radius 1 is 1.23 bits per heavy atom. The number of fused-ring (bicyclic) bond motifs is 1. The largest absolute Gasteiger partial charge is 0.304 e. The zero-order valence-corrected chi connectivity index (χ0v) is 8.76. The molecule has 2 saturated heterocycles. The number of likely N-dealkylation sites (N-methyl/N-ethyl adjacent to an activating group) is 1. The van der Waals surface area contributed by atoms with Crippen molar-refractivity contribution in [3.63, 3.8) is 0 Å². The first kappa shape index (κ1) is 9.43. The molecule has 5 heteroatoms. The second-order valence-electron chi connectivity index (χ2n) is 4.07. The van der Waals surface area contributed by atoms with Crippen molar-refractivity contribution < 1.29 is 8.42 Å². The van der Waals surface area contributed by atoms with Crippen LogP contribution in [0.15, 0.2) is 0 Å². The van der Waals surface area contributed by atoms with Crippen molar-refractivity contribution in [1.82, 2.24) is 9.80 Å². The lowest BCUT2D eigenvalue weighted by atomic mass is 10.2. The van der Waals surface area contributed by atoms with Crippen molar-refractivity contribution in [2.75, 3.05) is 44.7 Å². The highest BCUT2D eigenvalue weighted by Crippen LogP contribution is 2.15. The zero-order valence-electron chi connectivity index (χ0n) is 7.94. The summed E-state index contributed by atoms with van der Waals surface area (Å²) in [6.45, 7) is 3.73. The molecule has 0 amide bonds. The Labute approximate surface area is 79.4 Å². The predicted molar refractivity (Wildman–Crippen MR) is 51.5 cm³/mol. The molecule has 0 saturated carbocycles. The number of nitrogens with zero attached hydrogens (tertiary/aromatic N) is 2. The van der Waals surface area contributed by atoms with E-state index in [1.165, 1.54) is 0 Å². The lowest BCUT2D eigenvalue weighted by molar-refractivity contribution is 0.103. The maximum absolute atomic E-state index is 11.4. The van der Waals surface area contributed by atoms with Crippen LogP contribution in [0.25, 0.3) is 0 Å². The molecule has 0 spiro atoms. The highest BCUT2D eigenvalue weighted by molar-refractivity contribution is 7.91. The van der Waals surface area contributed by atoms with Crippen molar-refractivity contribution in [2.24, 2.45) is 0 Å². The quantitative estimate of drug-likeness (QED) is 0.509. The van der Waals surface area contributed by atoms with Gasteiger partial charge in [-0.25, -0.2) is 8.42 Å². The van der Waals surface area contributed by atoms with Gasteiger partial charge in [0.15, 0.2) is 9.84 Å². The molecule has 76 valence electrons. The van der Waals surface area contributed by atoms with Gasteiger partial charge in [-0.15, -0.1) is 0 Å². The molecule has 2 heterocycles. The van der Waals surface area contributed by atoms with Crippen LogP contribution in [0.1, 0.15) is 0 Å². The normalized spacial score (nSPS) is 35.6. The number of hydrogen-bond donors (Lipinski definition) is 0. The second-order valence-corrected chi connectivity index (χ2v) is 6.30. The molecule has 4 nitrogen and oxygen atoms in total. The minimum absolute atomic E-state index is 0.248. The fourth-order valence-corrected chi connectivity index (χ4v) is 3.72. The first-order chi connectivity index (χ1) is 6.07. The molecule has 0 aromatic rings. The summed E-state index contributed by atoms with van der Waals surface area (Å²) in [7, 11) is -0.691. The summed E-state index contributed by atoms with van der Waals surface area (Å²) in [5.74, 6) is 0.713. The third-order valence-electron chi connectivity index (χ3n) is 2.94. The van der Waals surface area contributed by atoms with Gasteiger partial charge >= 0.3 is 0 Å². The molecule has 2 rings (SSSR count). The van der Waals surface area contributed by atoms with E-state index in [2.05, 4.69) is 16.8 Å². The third-order valence-corrected chi connectivity index (χ3v) is 4.64. The van der Waals surface area contributed by atoms with Gasteiger partial charge in [0.1, 0.15) is 0 Å². The van der Waals surface area contributed by atoms with Crippen LogP contribution in [0.4, 0.5) is 0 Å². The van der Waals surface area contributed by atoms with Crippen LogP contribution in [0.5, 0.6) is 0 Å². The first-order valence-electron chi connectivity index (χ1n) is 4.70. The Bertz CT molecular complexity index is 289. The lowest BCUT2D eigenvalue weighted by Gasteiger charge is -2.42. The van der Waals surface area contributed by atoms with Crippen molar-refractivity contribution in [3.8, 4) is 0 Å². The van der Waals surface area contributed by atoms with Crippen LogP contribution in [0, 0.1) is 0 Å². The Morgan fingerprint density at radius 3 is 2.77 bits per heavy atom. The van der Waals surface area contributed by atoms with E-state index in [1.807, 2.05) is 0 Å². The van der Waals surface area contributed by atoms with E-state index in [0.717, 1.165) is 26.2 Å². The standard InChI is InChI=1S/C8H16N2O2S/c1-9-2-3-10-4-5-13(11,12)7-8(10)6-9/h8H,2-7H2,1H3. The van der Waals surface area contributed by atoms with Crippen LogP contribution >= 0.6 is 0 Å². The molecule has 13 heavy (non-hydrogen) atoms. The molecule has 2 aliphatic heterocycles. The molecule has 0 aromatic carbocycles. The molecule has 0 aromatic heterocycles. The summed E-state index contributed by atoms with van der Waals surface area (Å²) < 4.78 is 22.7. The Hall–Kier alpha value is -0.130. The Morgan fingerprint density at radius 2 is 2.00 bits per heavy atom. The van der Waals surface area contributed by atoms with Gasteiger partial charge in [-0.3, -0.25) is 4.90 Å². The average molecular weight is 204 g/mol. The van der Waals surface area contributed by atoms with Gasteiger partial charge in [-0.05, 0) is 7.05 Å². The number of rotatable bonds is 0. The SMILES string of the molecule is CN1CCN2CCS(=O)(=O)CC2C1. The molecule has 0 aliphatic carbocycles. The summed E-state index contributed by atoms with van der Waals surface area (Å²) in [4.78, 5) is 4.52. The second kappa shape index (κ2) is 3.22. The molecular formula is C8H16N2O2S. The van der Waals surface area contributed by atoms with Crippen molar-refractivity contribution in [2.45, 2.75) is 6.04 Å². The van der Waals surface area contributed by atoms with E-state index >= 15 is 0 Å². The minimum Gasteiger partial charge on any atom is -0.304 e. The summed E-state index contributed by atoms with van der Waals surface area (Å²) >= 11 is 0. The smallest absolute Gasteiger partial charge is 0.153 e. The molecule has 2 aliphatic rings. The van der Waals surface area contributed by atoms with Gasteiger partial charge in [-0.1, -0.05) is 0 Å². The maximum atomic E-state index is 11.4. The van der Waals surface area contributed by atoms with Gasteiger partial charge in [0.05, 0.1) is 11.5 Å². The summed E-state index contributed by atoms with van der Waals surface area (Å²) in [6, 6.07) is 0.248. The minimum atomic E-state index is -2.74. The van der Waals surface area contributed by atoms with E-state index < -0.39 is 9.84 Å². The van der Waals surface area contributed by atoms with Crippen LogP contribution < -0.4 is 0 Å². The van der Waals surface area contributed by atoms with Crippen LogP contribution in [-0.2, 0) is 9.84 Å². The van der Waals surface area contributed by atoms with E-state index in [-0.39, 0.29) is 6.04 Å². The van der Waals surface area contributed by atoms with Crippen molar-refractivity contribution in [1.29, 1.82) is 0 Å². The summed E-state index contributed by atoms with van der Waals surface area (Å²) in [5, 5.41) is 0. The van der Waals surface area contributed by atoms with Gasteiger partial charge in [0.25, 0.3) is 0 Å².